The first-order valence-electron chi connectivity index (χ1n) is 7.14. The SMILES string of the molecule is CN(Cn1c(=O)oc2ccc(Cl)cc21)C1CCCCC1. The molecule has 0 atom stereocenters. The van der Waals surface area contributed by atoms with Gasteiger partial charge < -0.3 is 4.42 Å². The van der Waals surface area contributed by atoms with Gasteiger partial charge in [-0.2, -0.15) is 0 Å². The monoisotopic (exact) mass is 294 g/mol. The molecule has 1 heterocycles. The van der Waals surface area contributed by atoms with Crippen LogP contribution in [0.4, 0.5) is 0 Å². The van der Waals surface area contributed by atoms with E-state index in [9.17, 15) is 4.79 Å². The van der Waals surface area contributed by atoms with E-state index in [0.717, 1.165) is 5.52 Å². The number of oxazole rings is 1. The first-order chi connectivity index (χ1) is 9.65. The molecule has 0 radical (unpaired) electrons. The molecule has 108 valence electrons. The van der Waals surface area contributed by atoms with Crippen LogP contribution in [0.15, 0.2) is 27.4 Å². The fourth-order valence-corrected chi connectivity index (χ4v) is 3.20. The van der Waals surface area contributed by atoms with Gasteiger partial charge in [0.1, 0.15) is 0 Å². The summed E-state index contributed by atoms with van der Waals surface area (Å²) in [7, 11) is 2.08. The van der Waals surface area contributed by atoms with Crippen LogP contribution in [0.25, 0.3) is 11.1 Å². The van der Waals surface area contributed by atoms with E-state index in [1.165, 1.54) is 32.1 Å². The van der Waals surface area contributed by atoms with Crippen molar-refractivity contribution >= 4 is 22.7 Å². The lowest BCUT2D eigenvalue weighted by Gasteiger charge is -2.31. The molecule has 20 heavy (non-hydrogen) atoms. The first kappa shape index (κ1) is 13.7. The third-order valence-corrected chi connectivity index (χ3v) is 4.43. The van der Waals surface area contributed by atoms with Crippen molar-refractivity contribution in [2.45, 2.75) is 44.8 Å². The Morgan fingerprint density at radius 1 is 1.35 bits per heavy atom. The predicted molar refractivity (Wildman–Crippen MR) is 80.1 cm³/mol. The Labute approximate surface area is 122 Å². The number of rotatable bonds is 3. The molecule has 0 bridgehead atoms. The Morgan fingerprint density at radius 2 is 2.10 bits per heavy atom. The number of nitrogens with zero attached hydrogens (tertiary/aromatic N) is 2. The van der Waals surface area contributed by atoms with Crippen molar-refractivity contribution < 1.29 is 4.42 Å². The zero-order chi connectivity index (χ0) is 14.1. The van der Waals surface area contributed by atoms with E-state index in [1.807, 2.05) is 0 Å². The maximum atomic E-state index is 12.0. The van der Waals surface area contributed by atoms with Crippen LogP contribution in [0.5, 0.6) is 0 Å². The summed E-state index contributed by atoms with van der Waals surface area (Å²) in [5, 5.41) is 0.618. The molecule has 1 aromatic heterocycles. The van der Waals surface area contributed by atoms with Gasteiger partial charge >= 0.3 is 5.76 Å². The molecule has 1 aromatic carbocycles. The van der Waals surface area contributed by atoms with E-state index in [-0.39, 0.29) is 5.76 Å². The predicted octanol–water partition coefficient (Wildman–Crippen LogP) is 3.47. The second kappa shape index (κ2) is 5.62. The van der Waals surface area contributed by atoms with Gasteiger partial charge in [-0.15, -0.1) is 0 Å². The standard InChI is InChI=1S/C15H19ClN2O2/c1-17(12-5-3-2-4-6-12)10-18-13-9-11(16)7-8-14(13)20-15(18)19/h7-9,12H,2-6,10H2,1H3. The van der Waals surface area contributed by atoms with Gasteiger partial charge in [0.2, 0.25) is 0 Å². The molecule has 5 heteroatoms. The van der Waals surface area contributed by atoms with Gasteiger partial charge in [0.25, 0.3) is 0 Å². The summed E-state index contributed by atoms with van der Waals surface area (Å²) < 4.78 is 6.93. The molecule has 2 aromatic rings. The van der Waals surface area contributed by atoms with Crippen LogP contribution in [-0.4, -0.2) is 22.6 Å². The highest BCUT2D eigenvalue weighted by molar-refractivity contribution is 6.31. The molecule has 0 saturated heterocycles. The fourth-order valence-electron chi connectivity index (χ4n) is 3.03. The maximum Gasteiger partial charge on any atom is 0.421 e. The molecule has 4 nitrogen and oxygen atoms in total. The van der Waals surface area contributed by atoms with Crippen molar-refractivity contribution in [1.29, 1.82) is 0 Å². The number of fused-ring (bicyclic) bond motifs is 1. The van der Waals surface area contributed by atoms with Gasteiger partial charge in [-0.25, -0.2) is 4.79 Å². The second-order valence-corrected chi connectivity index (χ2v) is 6.03. The molecule has 1 aliphatic carbocycles. The van der Waals surface area contributed by atoms with Crippen molar-refractivity contribution in [2.24, 2.45) is 0 Å². The molecule has 1 aliphatic rings. The van der Waals surface area contributed by atoms with Crippen molar-refractivity contribution in [3.8, 4) is 0 Å². The summed E-state index contributed by atoms with van der Waals surface area (Å²) in [4.78, 5) is 14.2. The summed E-state index contributed by atoms with van der Waals surface area (Å²) in [6.07, 6.45) is 6.31. The lowest BCUT2D eigenvalue weighted by atomic mass is 9.95. The average molecular weight is 295 g/mol. The minimum absolute atomic E-state index is 0.315. The highest BCUT2D eigenvalue weighted by Crippen LogP contribution is 2.23. The Morgan fingerprint density at radius 3 is 2.85 bits per heavy atom. The summed E-state index contributed by atoms with van der Waals surface area (Å²) in [5.41, 5.74) is 1.36. The molecule has 0 aliphatic heterocycles. The van der Waals surface area contributed by atoms with Gasteiger partial charge in [0.05, 0.1) is 12.2 Å². The quantitative estimate of drug-likeness (QED) is 0.870. The molecule has 0 unspecified atom stereocenters. The van der Waals surface area contributed by atoms with E-state index in [1.54, 1.807) is 22.8 Å². The lowest BCUT2D eigenvalue weighted by molar-refractivity contribution is 0.151. The Bertz CT molecular complexity index is 655. The number of aromatic nitrogens is 1. The van der Waals surface area contributed by atoms with Crippen molar-refractivity contribution in [3.05, 3.63) is 33.8 Å². The van der Waals surface area contributed by atoms with Crippen molar-refractivity contribution in [1.82, 2.24) is 9.47 Å². The minimum Gasteiger partial charge on any atom is -0.408 e. The van der Waals surface area contributed by atoms with Crippen LogP contribution < -0.4 is 5.76 Å². The molecule has 1 fully saturated rings. The number of hydrogen-bond donors (Lipinski definition) is 0. The Hall–Kier alpha value is -1.26. The third-order valence-electron chi connectivity index (χ3n) is 4.19. The van der Waals surface area contributed by atoms with Gasteiger partial charge in [-0.3, -0.25) is 9.47 Å². The maximum absolute atomic E-state index is 12.0. The summed E-state index contributed by atoms with van der Waals surface area (Å²) in [6, 6.07) is 5.83. The molecule has 0 N–H and O–H groups in total. The molecule has 0 spiro atoms. The summed E-state index contributed by atoms with van der Waals surface area (Å²) in [6.45, 7) is 0.552. The van der Waals surface area contributed by atoms with Crippen LogP contribution >= 0.6 is 11.6 Å². The number of hydrogen-bond acceptors (Lipinski definition) is 3. The molecule has 1 saturated carbocycles. The van der Waals surface area contributed by atoms with Gasteiger partial charge in [-0.05, 0) is 38.1 Å². The van der Waals surface area contributed by atoms with Crippen LogP contribution in [0.2, 0.25) is 5.02 Å². The molecular weight excluding hydrogens is 276 g/mol. The number of halogens is 1. The van der Waals surface area contributed by atoms with Gasteiger partial charge in [-0.1, -0.05) is 30.9 Å². The zero-order valence-corrected chi connectivity index (χ0v) is 12.4. The Balaban J connectivity index is 1.88. The highest BCUT2D eigenvalue weighted by atomic mass is 35.5. The van der Waals surface area contributed by atoms with Crippen LogP contribution in [-0.2, 0) is 6.67 Å². The normalized spacial score (nSPS) is 17.1. The topological polar surface area (TPSA) is 38.4 Å². The van der Waals surface area contributed by atoms with E-state index in [2.05, 4.69) is 11.9 Å². The number of benzene rings is 1. The highest BCUT2D eigenvalue weighted by Gasteiger charge is 2.20. The van der Waals surface area contributed by atoms with Crippen molar-refractivity contribution in [2.75, 3.05) is 7.05 Å². The van der Waals surface area contributed by atoms with Crippen LogP contribution in [0.1, 0.15) is 32.1 Å². The molecular formula is C15H19ClN2O2. The first-order valence-corrected chi connectivity index (χ1v) is 7.52. The van der Waals surface area contributed by atoms with E-state index >= 15 is 0 Å². The lowest BCUT2D eigenvalue weighted by Crippen LogP contribution is -2.37. The van der Waals surface area contributed by atoms with Gasteiger partial charge in [0, 0.05) is 11.1 Å². The third kappa shape index (κ3) is 2.63. The van der Waals surface area contributed by atoms with E-state index in [0.29, 0.717) is 23.3 Å². The molecule has 3 rings (SSSR count). The zero-order valence-electron chi connectivity index (χ0n) is 11.6. The smallest absolute Gasteiger partial charge is 0.408 e. The molecule has 0 amide bonds. The Kier molecular flexibility index (Phi) is 3.85. The fraction of sp³-hybridized carbons (Fsp3) is 0.533. The summed E-state index contributed by atoms with van der Waals surface area (Å²) >= 11 is 6.01. The van der Waals surface area contributed by atoms with Crippen LogP contribution in [0, 0.1) is 0 Å². The largest absolute Gasteiger partial charge is 0.421 e. The van der Waals surface area contributed by atoms with Crippen molar-refractivity contribution in [3.63, 3.8) is 0 Å². The van der Waals surface area contributed by atoms with Gasteiger partial charge in [0.15, 0.2) is 5.58 Å². The summed E-state index contributed by atoms with van der Waals surface area (Å²) in [5.74, 6) is -0.315. The van der Waals surface area contributed by atoms with Crippen LogP contribution in [0.3, 0.4) is 0 Å². The van der Waals surface area contributed by atoms with E-state index < -0.39 is 0 Å². The second-order valence-electron chi connectivity index (χ2n) is 5.60. The average Bonchev–Trinajstić information content (AvgIpc) is 2.76. The minimum atomic E-state index is -0.315. The van der Waals surface area contributed by atoms with E-state index in [4.69, 9.17) is 16.0 Å².